The zero-order chi connectivity index (χ0) is 27.2. The van der Waals surface area contributed by atoms with Gasteiger partial charge >= 0.3 is 0 Å². The quantitative estimate of drug-likeness (QED) is 0.0750. The fourth-order valence-electron chi connectivity index (χ4n) is 4.38. The number of unbranched alkanes of at least 4 members (excludes halogenated alkanes) is 16. The molecule has 0 bridgehead atoms. The predicted molar refractivity (Wildman–Crippen MR) is 161 cm³/mol. The van der Waals surface area contributed by atoms with Crippen LogP contribution in [-0.4, -0.2) is 34.9 Å². The number of hydrogen-bond donors (Lipinski definition) is 3. The minimum absolute atomic E-state index is 0.0848. The number of carbonyl (C=O) groups is 1. The van der Waals surface area contributed by atoms with Crippen LogP contribution in [0.3, 0.4) is 0 Å². The highest BCUT2D eigenvalue weighted by Gasteiger charge is 2.17. The van der Waals surface area contributed by atoms with E-state index in [1.165, 1.54) is 89.9 Å². The molecule has 37 heavy (non-hydrogen) atoms. The monoisotopic (exact) mass is 519 g/mol. The summed E-state index contributed by atoms with van der Waals surface area (Å²) in [4.78, 5) is 12.2. The molecule has 0 aromatic heterocycles. The zero-order valence-electron chi connectivity index (χ0n) is 24.5. The van der Waals surface area contributed by atoms with E-state index < -0.39 is 12.1 Å². The molecule has 4 nitrogen and oxygen atoms in total. The third-order valence-corrected chi connectivity index (χ3v) is 6.85. The van der Waals surface area contributed by atoms with Crippen LogP contribution in [0.5, 0.6) is 0 Å². The molecule has 216 valence electrons. The number of carbonyl (C=O) groups excluding carboxylic acids is 1. The molecule has 3 N–H and O–H groups in total. The van der Waals surface area contributed by atoms with Crippen LogP contribution >= 0.6 is 0 Å². The number of rotatable bonds is 27. The summed E-state index contributed by atoms with van der Waals surface area (Å²) < 4.78 is 0. The second-order valence-corrected chi connectivity index (χ2v) is 10.5. The maximum Gasteiger partial charge on any atom is 0.220 e. The van der Waals surface area contributed by atoms with Gasteiger partial charge in [0.05, 0.1) is 18.8 Å². The van der Waals surface area contributed by atoms with Gasteiger partial charge in [0.1, 0.15) is 0 Å². The van der Waals surface area contributed by atoms with Crippen LogP contribution in [-0.2, 0) is 4.79 Å². The Balaban J connectivity index is 3.77. The SMILES string of the molecule is CCCCCCCC/C=C/CC/C=C/CC/C=C/C(O)C(CO)NC(=O)CCCCCCCCCCC. The van der Waals surface area contributed by atoms with Crippen molar-refractivity contribution in [3.63, 3.8) is 0 Å². The van der Waals surface area contributed by atoms with Gasteiger partial charge in [0.2, 0.25) is 5.91 Å². The maximum atomic E-state index is 12.2. The molecule has 2 atom stereocenters. The molecule has 0 aromatic carbocycles. The highest BCUT2D eigenvalue weighted by atomic mass is 16.3. The number of amides is 1. The predicted octanol–water partition coefficient (Wildman–Crippen LogP) is 8.72. The lowest BCUT2D eigenvalue weighted by Gasteiger charge is -2.19. The van der Waals surface area contributed by atoms with Crippen molar-refractivity contribution in [2.24, 2.45) is 0 Å². The van der Waals surface area contributed by atoms with Crippen LogP contribution in [0.1, 0.15) is 149 Å². The van der Waals surface area contributed by atoms with Crippen molar-refractivity contribution in [2.45, 2.75) is 161 Å². The second kappa shape index (κ2) is 29.2. The number of aliphatic hydroxyl groups excluding tert-OH is 2. The fraction of sp³-hybridized carbons (Fsp3) is 0.788. The summed E-state index contributed by atoms with van der Waals surface area (Å²) in [6.45, 7) is 4.23. The molecule has 0 fully saturated rings. The van der Waals surface area contributed by atoms with Gasteiger partial charge in [0, 0.05) is 6.42 Å². The van der Waals surface area contributed by atoms with Crippen molar-refractivity contribution in [3.8, 4) is 0 Å². The van der Waals surface area contributed by atoms with Crippen molar-refractivity contribution in [3.05, 3.63) is 36.5 Å². The lowest BCUT2D eigenvalue weighted by molar-refractivity contribution is -0.123. The average Bonchev–Trinajstić information content (AvgIpc) is 2.90. The Morgan fingerprint density at radius 3 is 1.57 bits per heavy atom. The van der Waals surface area contributed by atoms with Crippen molar-refractivity contribution >= 4 is 5.91 Å². The minimum atomic E-state index is -0.863. The molecule has 0 aliphatic rings. The Bertz CT molecular complexity index is 570. The topological polar surface area (TPSA) is 69.6 Å². The van der Waals surface area contributed by atoms with E-state index in [9.17, 15) is 15.0 Å². The van der Waals surface area contributed by atoms with Crippen LogP contribution in [0, 0.1) is 0 Å². The Hall–Kier alpha value is -1.39. The number of nitrogens with one attached hydrogen (secondary N) is 1. The first kappa shape index (κ1) is 35.6. The van der Waals surface area contributed by atoms with Gasteiger partial charge in [-0.3, -0.25) is 4.79 Å². The lowest BCUT2D eigenvalue weighted by atomic mass is 10.1. The van der Waals surface area contributed by atoms with Gasteiger partial charge < -0.3 is 15.5 Å². The van der Waals surface area contributed by atoms with Gasteiger partial charge in [0.15, 0.2) is 0 Å². The van der Waals surface area contributed by atoms with Gasteiger partial charge in [-0.25, -0.2) is 0 Å². The highest BCUT2D eigenvalue weighted by Crippen LogP contribution is 2.11. The summed E-state index contributed by atoms with van der Waals surface area (Å²) in [6.07, 6.45) is 36.5. The Morgan fingerprint density at radius 2 is 1.05 bits per heavy atom. The summed E-state index contributed by atoms with van der Waals surface area (Å²) in [5.74, 6) is -0.0848. The molecule has 2 unspecified atom stereocenters. The molecule has 0 radical (unpaired) electrons. The van der Waals surface area contributed by atoms with Crippen LogP contribution in [0.15, 0.2) is 36.5 Å². The molecule has 0 aromatic rings. The summed E-state index contributed by atoms with van der Waals surface area (Å²) in [6, 6.07) is -0.638. The third-order valence-electron chi connectivity index (χ3n) is 6.85. The second-order valence-electron chi connectivity index (χ2n) is 10.5. The summed E-state index contributed by atoms with van der Waals surface area (Å²) in [5.41, 5.74) is 0. The van der Waals surface area contributed by atoms with E-state index in [2.05, 4.69) is 43.5 Å². The summed E-state index contributed by atoms with van der Waals surface area (Å²) >= 11 is 0. The van der Waals surface area contributed by atoms with E-state index in [0.29, 0.717) is 6.42 Å². The Kier molecular flexibility index (Phi) is 28.1. The van der Waals surface area contributed by atoms with E-state index in [1.807, 2.05) is 6.08 Å². The van der Waals surface area contributed by atoms with Crippen molar-refractivity contribution in [2.75, 3.05) is 6.61 Å². The maximum absolute atomic E-state index is 12.2. The first-order valence-corrected chi connectivity index (χ1v) is 15.7. The van der Waals surface area contributed by atoms with E-state index >= 15 is 0 Å². The molecular weight excluding hydrogens is 458 g/mol. The highest BCUT2D eigenvalue weighted by molar-refractivity contribution is 5.76. The van der Waals surface area contributed by atoms with Crippen LogP contribution < -0.4 is 5.32 Å². The average molecular weight is 520 g/mol. The summed E-state index contributed by atoms with van der Waals surface area (Å²) in [7, 11) is 0. The third kappa shape index (κ3) is 26.0. The van der Waals surface area contributed by atoms with Crippen molar-refractivity contribution in [1.29, 1.82) is 0 Å². The first-order valence-electron chi connectivity index (χ1n) is 15.7. The molecule has 0 spiro atoms. The number of hydrogen-bond acceptors (Lipinski definition) is 3. The van der Waals surface area contributed by atoms with Crippen LogP contribution in [0.2, 0.25) is 0 Å². The summed E-state index contributed by atoms with van der Waals surface area (Å²) in [5, 5.41) is 22.7. The lowest BCUT2D eigenvalue weighted by Crippen LogP contribution is -2.45. The van der Waals surface area contributed by atoms with Crippen molar-refractivity contribution in [1.82, 2.24) is 5.32 Å². The number of aliphatic hydroxyl groups is 2. The minimum Gasteiger partial charge on any atom is -0.394 e. The molecule has 0 rings (SSSR count). The van der Waals surface area contributed by atoms with Gasteiger partial charge in [-0.15, -0.1) is 0 Å². The molecule has 4 heteroatoms. The molecule has 1 amide bonds. The molecule has 0 saturated carbocycles. The smallest absolute Gasteiger partial charge is 0.220 e. The van der Waals surface area contributed by atoms with Crippen LogP contribution in [0.4, 0.5) is 0 Å². The molecule has 0 saturated heterocycles. The largest absolute Gasteiger partial charge is 0.394 e. The van der Waals surface area contributed by atoms with E-state index in [-0.39, 0.29) is 12.5 Å². The Labute approximate surface area is 230 Å². The molecule has 0 aliphatic heterocycles. The van der Waals surface area contributed by atoms with E-state index in [0.717, 1.165) is 38.5 Å². The van der Waals surface area contributed by atoms with Gasteiger partial charge in [0.25, 0.3) is 0 Å². The molecule has 0 heterocycles. The molecular formula is C33H61NO3. The Morgan fingerprint density at radius 1 is 0.622 bits per heavy atom. The van der Waals surface area contributed by atoms with Crippen LogP contribution in [0.25, 0.3) is 0 Å². The van der Waals surface area contributed by atoms with Gasteiger partial charge in [-0.1, -0.05) is 134 Å². The van der Waals surface area contributed by atoms with E-state index in [4.69, 9.17) is 0 Å². The standard InChI is InChI=1S/C33H61NO3/c1-3-5-7-9-11-13-14-15-16-17-18-19-21-22-24-26-28-32(36)31(30-35)34-33(37)29-27-25-23-20-12-10-8-6-4-2/h15-16,19,21,26,28,31-32,35-36H,3-14,17-18,20,22-25,27,29-30H2,1-2H3,(H,34,37)/b16-15+,21-19+,28-26+. The van der Waals surface area contributed by atoms with Crippen molar-refractivity contribution < 1.29 is 15.0 Å². The number of allylic oxidation sites excluding steroid dienone is 5. The normalized spacial score (nSPS) is 13.7. The fourth-order valence-corrected chi connectivity index (χ4v) is 4.38. The zero-order valence-corrected chi connectivity index (χ0v) is 24.5. The first-order chi connectivity index (χ1) is 18.2. The molecule has 0 aliphatic carbocycles. The van der Waals surface area contributed by atoms with Gasteiger partial charge in [-0.05, 0) is 44.9 Å². The van der Waals surface area contributed by atoms with E-state index in [1.54, 1.807) is 6.08 Å². The van der Waals surface area contributed by atoms with Gasteiger partial charge in [-0.2, -0.15) is 0 Å².